The molecule has 0 unspecified atom stereocenters. The van der Waals surface area contributed by atoms with Crippen molar-refractivity contribution < 1.29 is 26.4 Å². The van der Waals surface area contributed by atoms with E-state index < -0.39 is 34.2 Å². The SMILES string of the molecule is O=C(CN(c1cccc(Cl)c1)S(=O)(=O)c1ccccc1)N1CCN(c2cccc(C(F)(F)F)c2)CC1. The summed E-state index contributed by atoms with van der Waals surface area (Å²) in [6.07, 6.45) is -4.44. The Balaban J connectivity index is 1.50. The van der Waals surface area contributed by atoms with Crippen LogP contribution in [0.4, 0.5) is 24.5 Å². The fraction of sp³-hybridized carbons (Fsp3) is 0.240. The fourth-order valence-corrected chi connectivity index (χ4v) is 5.59. The van der Waals surface area contributed by atoms with Gasteiger partial charge in [-0.2, -0.15) is 13.2 Å². The van der Waals surface area contributed by atoms with Crippen LogP contribution < -0.4 is 9.21 Å². The van der Waals surface area contributed by atoms with Gasteiger partial charge in [0.05, 0.1) is 16.1 Å². The zero-order chi connectivity index (χ0) is 25.9. The maximum Gasteiger partial charge on any atom is 0.416 e. The second-order valence-corrected chi connectivity index (χ2v) is 10.5. The molecule has 0 atom stereocenters. The molecule has 0 spiro atoms. The molecule has 6 nitrogen and oxygen atoms in total. The topological polar surface area (TPSA) is 60.9 Å². The van der Waals surface area contributed by atoms with Crippen molar-refractivity contribution in [3.63, 3.8) is 0 Å². The highest BCUT2D eigenvalue weighted by molar-refractivity contribution is 7.92. The number of hydrogen-bond acceptors (Lipinski definition) is 4. The van der Waals surface area contributed by atoms with E-state index in [-0.39, 0.29) is 23.7 Å². The number of halogens is 4. The van der Waals surface area contributed by atoms with Gasteiger partial charge in [0.2, 0.25) is 5.91 Å². The second-order valence-electron chi connectivity index (χ2n) is 8.22. The Morgan fingerprint density at radius 3 is 2.19 bits per heavy atom. The van der Waals surface area contributed by atoms with E-state index in [4.69, 9.17) is 11.6 Å². The van der Waals surface area contributed by atoms with Gasteiger partial charge in [-0.1, -0.05) is 41.9 Å². The van der Waals surface area contributed by atoms with Crippen LogP contribution in [0.1, 0.15) is 5.56 Å². The molecule has 11 heteroatoms. The number of carbonyl (C=O) groups is 1. The predicted octanol–water partition coefficient (Wildman–Crippen LogP) is 4.90. The van der Waals surface area contributed by atoms with Crippen molar-refractivity contribution >= 4 is 38.9 Å². The first-order chi connectivity index (χ1) is 17.1. The van der Waals surface area contributed by atoms with Crippen LogP contribution in [0, 0.1) is 0 Å². The Morgan fingerprint density at radius 1 is 0.889 bits per heavy atom. The average Bonchev–Trinajstić information content (AvgIpc) is 2.87. The first-order valence-corrected chi connectivity index (χ1v) is 12.9. The number of nitrogens with zero attached hydrogens (tertiary/aromatic N) is 3. The molecule has 0 aromatic heterocycles. The van der Waals surface area contributed by atoms with Crippen LogP contribution in [0.15, 0.2) is 83.8 Å². The van der Waals surface area contributed by atoms with Gasteiger partial charge in [0.15, 0.2) is 0 Å². The molecule has 1 fully saturated rings. The third-order valence-corrected chi connectivity index (χ3v) is 7.90. The number of sulfonamides is 1. The number of hydrogen-bond donors (Lipinski definition) is 0. The minimum Gasteiger partial charge on any atom is -0.368 e. The number of carbonyl (C=O) groups excluding carboxylic acids is 1. The van der Waals surface area contributed by atoms with Crippen molar-refractivity contribution in [2.75, 3.05) is 41.9 Å². The number of amides is 1. The molecular weight excluding hydrogens is 515 g/mol. The molecule has 0 N–H and O–H groups in total. The van der Waals surface area contributed by atoms with Crippen molar-refractivity contribution in [3.8, 4) is 0 Å². The van der Waals surface area contributed by atoms with Gasteiger partial charge >= 0.3 is 6.18 Å². The summed E-state index contributed by atoms with van der Waals surface area (Å²) < 4.78 is 67.1. The zero-order valence-electron chi connectivity index (χ0n) is 19.0. The minimum absolute atomic E-state index is 0.0344. The van der Waals surface area contributed by atoms with Gasteiger partial charge in [0.1, 0.15) is 6.54 Å². The highest BCUT2D eigenvalue weighted by atomic mass is 35.5. The summed E-state index contributed by atoms with van der Waals surface area (Å²) in [6, 6.07) is 19.1. The van der Waals surface area contributed by atoms with Crippen LogP contribution in [0.25, 0.3) is 0 Å². The molecule has 0 aliphatic carbocycles. The third-order valence-electron chi connectivity index (χ3n) is 5.88. The summed E-state index contributed by atoms with van der Waals surface area (Å²) in [5.41, 5.74) is -0.0618. The van der Waals surface area contributed by atoms with Gasteiger partial charge < -0.3 is 9.80 Å². The Labute approximate surface area is 212 Å². The zero-order valence-corrected chi connectivity index (χ0v) is 20.6. The van der Waals surface area contributed by atoms with E-state index in [1.54, 1.807) is 47.4 Å². The van der Waals surface area contributed by atoms with Gasteiger partial charge in [-0.15, -0.1) is 0 Å². The van der Waals surface area contributed by atoms with Crippen molar-refractivity contribution in [1.82, 2.24) is 4.90 Å². The van der Waals surface area contributed by atoms with Gasteiger partial charge in [0.25, 0.3) is 10.0 Å². The molecule has 0 radical (unpaired) electrons. The first kappa shape index (κ1) is 25.8. The molecule has 3 aromatic rings. The summed E-state index contributed by atoms with van der Waals surface area (Å²) in [5, 5.41) is 0.322. The highest BCUT2D eigenvalue weighted by Gasteiger charge is 2.32. The molecule has 1 saturated heterocycles. The quantitative estimate of drug-likeness (QED) is 0.449. The maximum absolute atomic E-state index is 13.4. The van der Waals surface area contributed by atoms with Crippen LogP contribution in [-0.4, -0.2) is 51.9 Å². The lowest BCUT2D eigenvalue weighted by molar-refractivity contribution is -0.137. The number of benzene rings is 3. The molecule has 1 heterocycles. The van der Waals surface area contributed by atoms with Crippen LogP contribution in [0.2, 0.25) is 5.02 Å². The van der Waals surface area contributed by atoms with Crippen LogP contribution in [-0.2, 0) is 21.0 Å². The number of anilines is 2. The Hall–Kier alpha value is -3.24. The molecule has 190 valence electrons. The lowest BCUT2D eigenvalue weighted by Crippen LogP contribution is -2.52. The summed E-state index contributed by atoms with van der Waals surface area (Å²) in [7, 11) is -4.07. The molecule has 1 aliphatic heterocycles. The lowest BCUT2D eigenvalue weighted by Gasteiger charge is -2.37. The van der Waals surface area contributed by atoms with Crippen molar-refractivity contribution in [1.29, 1.82) is 0 Å². The Bertz CT molecular complexity index is 1330. The highest BCUT2D eigenvalue weighted by Crippen LogP contribution is 2.32. The Morgan fingerprint density at radius 2 is 1.56 bits per heavy atom. The largest absolute Gasteiger partial charge is 0.416 e. The number of rotatable bonds is 6. The van der Waals surface area contributed by atoms with Crippen LogP contribution >= 0.6 is 11.6 Å². The monoisotopic (exact) mass is 537 g/mol. The van der Waals surface area contributed by atoms with Gasteiger partial charge in [-0.3, -0.25) is 9.10 Å². The molecule has 1 aliphatic rings. The van der Waals surface area contributed by atoms with Crippen molar-refractivity contribution in [2.45, 2.75) is 11.1 Å². The standard InChI is InChI=1S/C25H23ClF3N3O3S/c26-20-7-5-9-22(17-20)32(36(34,35)23-10-2-1-3-11-23)18-24(33)31-14-12-30(13-15-31)21-8-4-6-19(16-21)25(27,28)29/h1-11,16-17H,12-15,18H2. The molecule has 1 amide bonds. The predicted molar refractivity (Wildman–Crippen MR) is 133 cm³/mol. The number of piperazine rings is 1. The van der Waals surface area contributed by atoms with Gasteiger partial charge in [-0.05, 0) is 48.5 Å². The molecule has 0 bridgehead atoms. The van der Waals surface area contributed by atoms with Crippen molar-refractivity contribution in [2.24, 2.45) is 0 Å². The van der Waals surface area contributed by atoms with E-state index >= 15 is 0 Å². The normalized spacial score (nSPS) is 14.6. The molecular formula is C25H23ClF3N3O3S. The Kier molecular flexibility index (Phi) is 7.46. The molecule has 4 rings (SSSR count). The summed E-state index contributed by atoms with van der Waals surface area (Å²) in [4.78, 5) is 16.5. The second kappa shape index (κ2) is 10.4. The smallest absolute Gasteiger partial charge is 0.368 e. The fourth-order valence-electron chi connectivity index (χ4n) is 3.98. The van der Waals surface area contributed by atoms with E-state index in [1.807, 2.05) is 0 Å². The van der Waals surface area contributed by atoms with E-state index in [0.717, 1.165) is 16.4 Å². The van der Waals surface area contributed by atoms with E-state index in [9.17, 15) is 26.4 Å². The van der Waals surface area contributed by atoms with Gasteiger partial charge in [-0.25, -0.2) is 8.42 Å². The van der Waals surface area contributed by atoms with Crippen LogP contribution in [0.3, 0.4) is 0 Å². The van der Waals surface area contributed by atoms with Gasteiger partial charge in [0, 0.05) is 36.9 Å². The van der Waals surface area contributed by atoms with E-state index in [0.29, 0.717) is 23.8 Å². The van der Waals surface area contributed by atoms with Crippen molar-refractivity contribution in [3.05, 3.63) is 89.4 Å². The lowest BCUT2D eigenvalue weighted by atomic mass is 10.1. The average molecular weight is 538 g/mol. The van der Waals surface area contributed by atoms with Crippen LogP contribution in [0.5, 0.6) is 0 Å². The molecule has 3 aromatic carbocycles. The van der Waals surface area contributed by atoms with E-state index in [2.05, 4.69) is 0 Å². The summed E-state index contributed by atoms with van der Waals surface area (Å²) in [6.45, 7) is 0.667. The maximum atomic E-state index is 13.4. The third kappa shape index (κ3) is 5.76. The molecule has 0 saturated carbocycles. The minimum atomic E-state index is -4.44. The first-order valence-electron chi connectivity index (χ1n) is 11.1. The molecule has 36 heavy (non-hydrogen) atoms. The van der Waals surface area contributed by atoms with E-state index in [1.165, 1.54) is 29.2 Å². The number of alkyl halides is 3. The summed E-state index contributed by atoms with van der Waals surface area (Å²) >= 11 is 6.09. The summed E-state index contributed by atoms with van der Waals surface area (Å²) in [5.74, 6) is -0.418.